The van der Waals surface area contributed by atoms with Crippen LogP contribution in [0.1, 0.15) is 32.8 Å². The van der Waals surface area contributed by atoms with Crippen molar-refractivity contribution in [3.8, 4) is 5.75 Å². The minimum atomic E-state index is -0.0194. The molecule has 0 radical (unpaired) electrons. The van der Waals surface area contributed by atoms with E-state index < -0.39 is 0 Å². The Labute approximate surface area is 152 Å². The van der Waals surface area contributed by atoms with Crippen LogP contribution in [0.3, 0.4) is 0 Å². The summed E-state index contributed by atoms with van der Waals surface area (Å²) in [6, 6.07) is 6.18. The molecular formula is C18H27BrN2O3. The molecule has 0 aliphatic carbocycles. The first-order valence-corrected chi connectivity index (χ1v) is 9.20. The molecule has 1 aliphatic heterocycles. The third kappa shape index (κ3) is 5.67. The van der Waals surface area contributed by atoms with E-state index in [9.17, 15) is 4.79 Å². The van der Waals surface area contributed by atoms with Gasteiger partial charge in [0.15, 0.2) is 0 Å². The van der Waals surface area contributed by atoms with Gasteiger partial charge in [-0.1, -0.05) is 26.8 Å². The second-order valence-corrected chi connectivity index (χ2v) is 7.78. The molecule has 0 bridgehead atoms. The quantitative estimate of drug-likeness (QED) is 0.771. The van der Waals surface area contributed by atoms with Gasteiger partial charge in [0.2, 0.25) is 0 Å². The normalized spacial score (nSPS) is 15.2. The van der Waals surface area contributed by atoms with Gasteiger partial charge in [-0.3, -0.25) is 0 Å². The summed E-state index contributed by atoms with van der Waals surface area (Å²) >= 11 is 3.57. The van der Waals surface area contributed by atoms with Crippen LogP contribution in [0.15, 0.2) is 22.7 Å². The summed E-state index contributed by atoms with van der Waals surface area (Å²) in [4.78, 5) is 13.7. The molecule has 0 aromatic heterocycles. The molecule has 1 N–H and O–H groups in total. The molecule has 2 amide bonds. The number of urea groups is 1. The Kier molecular flexibility index (Phi) is 6.92. The van der Waals surface area contributed by atoms with Gasteiger partial charge in [-0.05, 0) is 45.5 Å². The van der Waals surface area contributed by atoms with Gasteiger partial charge in [-0.15, -0.1) is 0 Å². The first-order chi connectivity index (χ1) is 11.4. The molecule has 2 rings (SSSR count). The molecule has 6 heteroatoms. The van der Waals surface area contributed by atoms with Crippen LogP contribution in [0, 0.1) is 0 Å². The van der Waals surface area contributed by atoms with Gasteiger partial charge in [0.1, 0.15) is 5.75 Å². The number of carbonyl (C=O) groups is 1. The predicted molar refractivity (Wildman–Crippen MR) is 98.7 cm³/mol. The molecule has 1 aromatic carbocycles. The molecule has 1 saturated heterocycles. The van der Waals surface area contributed by atoms with E-state index in [-0.39, 0.29) is 11.4 Å². The number of rotatable bonds is 5. The lowest BCUT2D eigenvalue weighted by Crippen LogP contribution is -2.46. The number of hydrogen-bond acceptors (Lipinski definition) is 3. The fourth-order valence-electron chi connectivity index (χ4n) is 2.41. The fraction of sp³-hybridized carbons (Fsp3) is 0.611. The van der Waals surface area contributed by atoms with Crippen LogP contribution in [-0.2, 0) is 10.2 Å². The number of benzene rings is 1. The maximum atomic E-state index is 11.9. The highest BCUT2D eigenvalue weighted by molar-refractivity contribution is 9.10. The van der Waals surface area contributed by atoms with Crippen LogP contribution in [0.2, 0.25) is 0 Å². The van der Waals surface area contributed by atoms with Gasteiger partial charge in [0.05, 0.1) is 24.3 Å². The summed E-state index contributed by atoms with van der Waals surface area (Å²) in [7, 11) is 0. The van der Waals surface area contributed by atoms with Crippen molar-refractivity contribution >= 4 is 22.0 Å². The van der Waals surface area contributed by atoms with Crippen LogP contribution in [-0.4, -0.2) is 50.4 Å². The summed E-state index contributed by atoms with van der Waals surface area (Å²) in [5.41, 5.74) is 1.38. The highest BCUT2D eigenvalue weighted by Crippen LogP contribution is 2.31. The van der Waals surface area contributed by atoms with Crippen LogP contribution in [0.4, 0.5) is 4.79 Å². The van der Waals surface area contributed by atoms with Crippen molar-refractivity contribution in [2.24, 2.45) is 0 Å². The van der Waals surface area contributed by atoms with E-state index in [0.717, 1.165) is 16.6 Å². The maximum Gasteiger partial charge on any atom is 0.317 e. The number of hydrogen-bond donors (Lipinski definition) is 1. The van der Waals surface area contributed by atoms with E-state index in [2.05, 4.69) is 54.2 Å². The van der Waals surface area contributed by atoms with Gasteiger partial charge < -0.3 is 19.7 Å². The Morgan fingerprint density at radius 1 is 1.33 bits per heavy atom. The van der Waals surface area contributed by atoms with Gasteiger partial charge in [0.25, 0.3) is 0 Å². The molecule has 0 atom stereocenters. The number of morpholine rings is 1. The van der Waals surface area contributed by atoms with Crippen molar-refractivity contribution in [3.05, 3.63) is 28.2 Å². The Balaban J connectivity index is 1.69. The van der Waals surface area contributed by atoms with Crippen LogP contribution >= 0.6 is 15.9 Å². The molecule has 24 heavy (non-hydrogen) atoms. The van der Waals surface area contributed by atoms with E-state index in [1.165, 1.54) is 5.56 Å². The first-order valence-electron chi connectivity index (χ1n) is 8.41. The maximum absolute atomic E-state index is 11.9. The van der Waals surface area contributed by atoms with Crippen LogP contribution in [0.5, 0.6) is 5.75 Å². The second kappa shape index (κ2) is 8.72. The Hall–Kier alpha value is -1.27. The molecule has 1 aromatic rings. The molecule has 0 unspecified atom stereocenters. The Morgan fingerprint density at radius 3 is 2.67 bits per heavy atom. The average Bonchev–Trinajstić information content (AvgIpc) is 2.55. The molecule has 1 heterocycles. The van der Waals surface area contributed by atoms with Crippen molar-refractivity contribution in [1.82, 2.24) is 10.2 Å². The van der Waals surface area contributed by atoms with E-state index in [1.54, 1.807) is 4.90 Å². The van der Waals surface area contributed by atoms with Crippen LogP contribution in [0.25, 0.3) is 0 Å². The van der Waals surface area contributed by atoms with E-state index in [1.807, 2.05) is 6.07 Å². The molecular weight excluding hydrogens is 372 g/mol. The lowest BCUT2D eigenvalue weighted by molar-refractivity contribution is 0.0532. The molecule has 0 spiro atoms. The largest absolute Gasteiger partial charge is 0.492 e. The first kappa shape index (κ1) is 19.1. The number of halogens is 1. The molecule has 134 valence electrons. The fourth-order valence-corrected chi connectivity index (χ4v) is 2.91. The summed E-state index contributed by atoms with van der Waals surface area (Å²) in [5.74, 6) is 0.836. The average molecular weight is 399 g/mol. The van der Waals surface area contributed by atoms with Crippen molar-refractivity contribution in [2.45, 2.75) is 32.6 Å². The lowest BCUT2D eigenvalue weighted by atomic mass is 9.87. The minimum Gasteiger partial charge on any atom is -0.492 e. The van der Waals surface area contributed by atoms with Crippen molar-refractivity contribution in [3.63, 3.8) is 0 Å². The number of carbonyl (C=O) groups excluding carboxylic acids is 1. The summed E-state index contributed by atoms with van der Waals surface area (Å²) in [6.07, 6.45) is 0.767. The zero-order chi connectivity index (χ0) is 17.6. The van der Waals surface area contributed by atoms with E-state index in [0.29, 0.717) is 39.5 Å². The molecule has 5 nitrogen and oxygen atoms in total. The summed E-state index contributed by atoms with van der Waals surface area (Å²) < 4.78 is 12.0. The van der Waals surface area contributed by atoms with Crippen molar-refractivity contribution in [2.75, 3.05) is 39.5 Å². The van der Waals surface area contributed by atoms with Gasteiger partial charge in [-0.2, -0.15) is 0 Å². The van der Waals surface area contributed by atoms with Gasteiger partial charge >= 0.3 is 6.03 Å². The highest BCUT2D eigenvalue weighted by Gasteiger charge is 2.16. The Bertz CT molecular complexity index is 552. The monoisotopic (exact) mass is 398 g/mol. The molecule has 1 fully saturated rings. The SMILES string of the molecule is CC(C)(C)c1ccc(OCCCNC(=O)N2CCOCC2)c(Br)c1. The smallest absolute Gasteiger partial charge is 0.317 e. The minimum absolute atomic E-state index is 0.0194. The number of amides is 2. The standard InChI is InChI=1S/C18H27BrN2O3/c1-18(2,3)14-5-6-16(15(19)13-14)24-10-4-7-20-17(22)21-8-11-23-12-9-21/h5-6,13H,4,7-12H2,1-3H3,(H,20,22). The molecule has 1 aliphatic rings. The highest BCUT2D eigenvalue weighted by atomic mass is 79.9. The zero-order valence-corrected chi connectivity index (χ0v) is 16.3. The lowest BCUT2D eigenvalue weighted by Gasteiger charge is -2.26. The zero-order valence-electron chi connectivity index (χ0n) is 14.7. The third-order valence-electron chi connectivity index (χ3n) is 3.95. The van der Waals surface area contributed by atoms with Gasteiger partial charge in [0, 0.05) is 19.6 Å². The summed E-state index contributed by atoms with van der Waals surface area (Å²) in [6.45, 7) is 10.3. The predicted octanol–water partition coefficient (Wildman–Crippen LogP) is 3.56. The van der Waals surface area contributed by atoms with E-state index in [4.69, 9.17) is 9.47 Å². The summed E-state index contributed by atoms with van der Waals surface area (Å²) in [5, 5.41) is 2.92. The van der Waals surface area contributed by atoms with Crippen molar-refractivity contribution in [1.29, 1.82) is 0 Å². The van der Waals surface area contributed by atoms with Crippen molar-refractivity contribution < 1.29 is 14.3 Å². The molecule has 0 saturated carbocycles. The Morgan fingerprint density at radius 2 is 2.04 bits per heavy atom. The topological polar surface area (TPSA) is 50.8 Å². The van der Waals surface area contributed by atoms with Crippen LogP contribution < -0.4 is 10.1 Å². The number of nitrogens with zero attached hydrogens (tertiary/aromatic N) is 1. The van der Waals surface area contributed by atoms with Gasteiger partial charge in [-0.25, -0.2) is 4.79 Å². The van der Waals surface area contributed by atoms with E-state index >= 15 is 0 Å². The second-order valence-electron chi connectivity index (χ2n) is 6.93. The third-order valence-corrected chi connectivity index (χ3v) is 4.57. The number of ether oxygens (including phenoxy) is 2. The number of nitrogens with one attached hydrogen (secondary N) is 1.